The molecule has 1 aromatic heterocycles. The minimum absolute atomic E-state index is 0.140. The Hall–Kier alpha value is -2.34. The number of likely N-dealkylation sites (tertiary alicyclic amines) is 1. The molecule has 1 aromatic carbocycles. The number of nitrogens with one attached hydrogen (secondary N) is 2. The van der Waals surface area contributed by atoms with E-state index in [4.69, 9.17) is 0 Å². The number of aryl methyl sites for hydroxylation is 1. The molecule has 1 aliphatic rings. The van der Waals surface area contributed by atoms with Crippen LogP contribution in [0.3, 0.4) is 0 Å². The first-order valence-corrected chi connectivity index (χ1v) is 8.56. The van der Waals surface area contributed by atoms with E-state index in [0.29, 0.717) is 0 Å². The van der Waals surface area contributed by atoms with E-state index in [-0.39, 0.29) is 12.1 Å². The van der Waals surface area contributed by atoms with Crippen LogP contribution in [0.2, 0.25) is 0 Å². The molecule has 2 aromatic rings. The topological polar surface area (TPSA) is 62.2 Å². The summed E-state index contributed by atoms with van der Waals surface area (Å²) < 4.78 is 1.85. The van der Waals surface area contributed by atoms with Crippen LogP contribution in [0.4, 0.5) is 10.5 Å². The number of carbonyl (C=O) groups excluding carboxylic acids is 1. The van der Waals surface area contributed by atoms with Gasteiger partial charge in [-0.25, -0.2) is 9.48 Å². The minimum Gasteiger partial charge on any atom is -0.335 e. The Morgan fingerprint density at radius 3 is 2.75 bits per heavy atom. The van der Waals surface area contributed by atoms with Crippen LogP contribution >= 0.6 is 0 Å². The van der Waals surface area contributed by atoms with Crippen LogP contribution in [0.5, 0.6) is 0 Å². The van der Waals surface area contributed by atoms with Crippen LogP contribution in [0.15, 0.2) is 36.5 Å². The molecule has 3 rings (SSSR count). The molecule has 0 spiro atoms. The first-order chi connectivity index (χ1) is 11.7. The lowest BCUT2D eigenvalue weighted by Crippen LogP contribution is -2.45. The van der Waals surface area contributed by atoms with E-state index >= 15 is 0 Å². The summed E-state index contributed by atoms with van der Waals surface area (Å²) in [5.74, 6) is 0. The average molecular weight is 327 g/mol. The van der Waals surface area contributed by atoms with Crippen molar-refractivity contribution in [2.24, 2.45) is 0 Å². The molecule has 0 aliphatic carbocycles. The Morgan fingerprint density at radius 1 is 1.29 bits per heavy atom. The van der Waals surface area contributed by atoms with E-state index in [2.05, 4.69) is 27.6 Å². The lowest BCUT2D eigenvalue weighted by molar-refractivity contribution is 0.203. The Labute approximate surface area is 142 Å². The van der Waals surface area contributed by atoms with Crippen LogP contribution in [-0.2, 0) is 0 Å². The molecule has 1 fully saturated rings. The zero-order valence-electron chi connectivity index (χ0n) is 14.3. The van der Waals surface area contributed by atoms with Gasteiger partial charge in [-0.15, -0.1) is 0 Å². The highest BCUT2D eigenvalue weighted by molar-refractivity contribution is 5.89. The van der Waals surface area contributed by atoms with Gasteiger partial charge >= 0.3 is 6.03 Å². The molecule has 128 valence electrons. The molecule has 0 bridgehead atoms. The summed E-state index contributed by atoms with van der Waals surface area (Å²) in [7, 11) is 0. The van der Waals surface area contributed by atoms with Crippen molar-refractivity contribution >= 4 is 11.7 Å². The Balaban J connectivity index is 1.58. The maximum Gasteiger partial charge on any atom is 0.319 e. The highest BCUT2D eigenvalue weighted by Gasteiger charge is 2.19. The lowest BCUT2D eigenvalue weighted by Gasteiger charge is -2.31. The summed E-state index contributed by atoms with van der Waals surface area (Å²) >= 11 is 0. The number of urea groups is 1. The molecule has 1 aliphatic heterocycles. The number of amides is 2. The predicted molar refractivity (Wildman–Crippen MR) is 95.6 cm³/mol. The highest BCUT2D eigenvalue weighted by atomic mass is 16.2. The predicted octanol–water partition coefficient (Wildman–Crippen LogP) is 2.79. The second-order valence-corrected chi connectivity index (χ2v) is 6.24. The van der Waals surface area contributed by atoms with Crippen LogP contribution in [0, 0.1) is 6.92 Å². The quantitative estimate of drug-likeness (QED) is 0.908. The third-order valence-electron chi connectivity index (χ3n) is 4.55. The van der Waals surface area contributed by atoms with E-state index < -0.39 is 0 Å². The first kappa shape index (κ1) is 16.5. The molecule has 0 unspecified atom stereocenters. The summed E-state index contributed by atoms with van der Waals surface area (Å²) in [6, 6.07) is 9.79. The SMILES string of the molecule is CCN1CCC(NC(=O)Nc2cccc(-n3nccc3C)c2)CC1. The van der Waals surface area contributed by atoms with Gasteiger partial charge in [0.1, 0.15) is 0 Å². The first-order valence-electron chi connectivity index (χ1n) is 8.56. The van der Waals surface area contributed by atoms with Gasteiger partial charge in [-0.1, -0.05) is 13.0 Å². The standard InChI is InChI=1S/C18H25N5O/c1-3-22-11-8-15(9-12-22)20-18(24)21-16-5-4-6-17(13-16)23-14(2)7-10-19-23/h4-7,10,13,15H,3,8-9,11-12H2,1-2H3,(H2,20,21,24). The van der Waals surface area contributed by atoms with E-state index in [1.807, 2.05) is 41.9 Å². The van der Waals surface area contributed by atoms with Gasteiger partial charge in [0, 0.05) is 36.7 Å². The fourth-order valence-corrected chi connectivity index (χ4v) is 3.10. The summed E-state index contributed by atoms with van der Waals surface area (Å²) in [5.41, 5.74) is 2.76. The van der Waals surface area contributed by atoms with Crippen molar-refractivity contribution in [1.29, 1.82) is 0 Å². The largest absolute Gasteiger partial charge is 0.335 e. The maximum absolute atomic E-state index is 12.2. The van der Waals surface area contributed by atoms with Gasteiger partial charge < -0.3 is 15.5 Å². The summed E-state index contributed by atoms with van der Waals surface area (Å²) in [6.07, 6.45) is 3.78. The second kappa shape index (κ2) is 7.49. The van der Waals surface area contributed by atoms with E-state index in [9.17, 15) is 4.79 Å². The molecule has 0 radical (unpaired) electrons. The smallest absolute Gasteiger partial charge is 0.319 e. The molecule has 6 nitrogen and oxygen atoms in total. The number of rotatable bonds is 4. The van der Waals surface area contributed by atoms with Crippen molar-refractivity contribution in [3.8, 4) is 5.69 Å². The molecule has 24 heavy (non-hydrogen) atoms. The lowest BCUT2D eigenvalue weighted by atomic mass is 10.1. The van der Waals surface area contributed by atoms with Crippen LogP contribution < -0.4 is 10.6 Å². The van der Waals surface area contributed by atoms with Gasteiger partial charge in [0.25, 0.3) is 0 Å². The highest BCUT2D eigenvalue weighted by Crippen LogP contribution is 2.16. The number of carbonyl (C=O) groups is 1. The third-order valence-corrected chi connectivity index (χ3v) is 4.55. The Kier molecular flexibility index (Phi) is 5.15. The van der Waals surface area contributed by atoms with E-state index in [0.717, 1.165) is 49.5 Å². The summed E-state index contributed by atoms with van der Waals surface area (Å²) in [4.78, 5) is 14.6. The van der Waals surface area contributed by atoms with Crippen molar-refractivity contribution in [2.75, 3.05) is 25.0 Å². The van der Waals surface area contributed by atoms with Crippen LogP contribution in [0.1, 0.15) is 25.5 Å². The number of piperidine rings is 1. The normalized spacial score (nSPS) is 16.1. The molecular weight excluding hydrogens is 302 g/mol. The monoisotopic (exact) mass is 327 g/mol. The van der Waals surface area contributed by atoms with E-state index in [1.165, 1.54) is 0 Å². The zero-order chi connectivity index (χ0) is 16.9. The number of aromatic nitrogens is 2. The Morgan fingerprint density at radius 2 is 2.08 bits per heavy atom. The van der Waals surface area contributed by atoms with Crippen molar-refractivity contribution in [1.82, 2.24) is 20.0 Å². The van der Waals surface area contributed by atoms with Gasteiger partial charge in [-0.2, -0.15) is 5.10 Å². The zero-order valence-corrected chi connectivity index (χ0v) is 14.3. The Bertz CT molecular complexity index is 688. The number of benzene rings is 1. The molecule has 0 saturated carbocycles. The number of anilines is 1. The van der Waals surface area contributed by atoms with Gasteiger partial charge in [-0.3, -0.25) is 0 Å². The van der Waals surface area contributed by atoms with Crippen molar-refractivity contribution in [2.45, 2.75) is 32.7 Å². The number of hydrogen-bond acceptors (Lipinski definition) is 3. The summed E-state index contributed by atoms with van der Waals surface area (Å²) in [6.45, 7) is 7.36. The van der Waals surface area contributed by atoms with Crippen molar-refractivity contribution in [3.05, 3.63) is 42.2 Å². The number of nitrogens with zero attached hydrogens (tertiary/aromatic N) is 3. The van der Waals surface area contributed by atoms with Gasteiger partial charge in [0.15, 0.2) is 0 Å². The molecule has 2 N–H and O–H groups in total. The average Bonchev–Trinajstić information content (AvgIpc) is 3.02. The second-order valence-electron chi connectivity index (χ2n) is 6.24. The van der Waals surface area contributed by atoms with Crippen LogP contribution in [0.25, 0.3) is 5.69 Å². The molecule has 0 atom stereocenters. The fourth-order valence-electron chi connectivity index (χ4n) is 3.10. The van der Waals surface area contributed by atoms with Gasteiger partial charge in [0.05, 0.1) is 5.69 Å². The molecule has 6 heteroatoms. The summed E-state index contributed by atoms with van der Waals surface area (Å²) in [5, 5.41) is 10.3. The van der Waals surface area contributed by atoms with Crippen LogP contribution in [-0.4, -0.2) is 46.4 Å². The third kappa shape index (κ3) is 3.94. The molecule has 2 heterocycles. The van der Waals surface area contributed by atoms with Crippen molar-refractivity contribution in [3.63, 3.8) is 0 Å². The molecule has 1 saturated heterocycles. The maximum atomic E-state index is 12.2. The molecule has 2 amide bonds. The van der Waals surface area contributed by atoms with Crippen molar-refractivity contribution < 1.29 is 4.79 Å². The van der Waals surface area contributed by atoms with Gasteiger partial charge in [-0.05, 0) is 50.6 Å². The minimum atomic E-state index is -0.140. The fraction of sp³-hybridized carbons (Fsp3) is 0.444. The van der Waals surface area contributed by atoms with Gasteiger partial charge in [0.2, 0.25) is 0 Å². The van der Waals surface area contributed by atoms with E-state index in [1.54, 1.807) is 6.20 Å². The molecular formula is C18H25N5O. The number of hydrogen-bond donors (Lipinski definition) is 2.